The van der Waals surface area contributed by atoms with Gasteiger partial charge in [0.05, 0.1) is 17.4 Å². The van der Waals surface area contributed by atoms with Crippen molar-refractivity contribution in [3.63, 3.8) is 0 Å². The molecule has 35 heavy (non-hydrogen) atoms. The molecule has 2 aromatic carbocycles. The summed E-state index contributed by atoms with van der Waals surface area (Å²) in [6, 6.07) is 13.1. The van der Waals surface area contributed by atoms with Crippen LogP contribution in [-0.4, -0.2) is 38.1 Å². The van der Waals surface area contributed by atoms with Crippen LogP contribution in [0.25, 0.3) is 21.3 Å². The van der Waals surface area contributed by atoms with Gasteiger partial charge in [0.15, 0.2) is 0 Å². The molecule has 0 radical (unpaired) electrons. The van der Waals surface area contributed by atoms with E-state index in [1.807, 2.05) is 41.3 Å². The molecule has 2 heterocycles. The van der Waals surface area contributed by atoms with Crippen molar-refractivity contribution in [2.24, 2.45) is 0 Å². The van der Waals surface area contributed by atoms with E-state index in [0.29, 0.717) is 18.1 Å². The fourth-order valence-electron chi connectivity index (χ4n) is 3.40. The second kappa shape index (κ2) is 10.7. The third-order valence-electron chi connectivity index (χ3n) is 5.24. The minimum Gasteiger partial charge on any atom is -0.497 e. The van der Waals surface area contributed by atoms with Gasteiger partial charge in [0.2, 0.25) is 0 Å². The summed E-state index contributed by atoms with van der Waals surface area (Å²) in [4.78, 5) is 21.5. The molecule has 0 saturated heterocycles. The van der Waals surface area contributed by atoms with Crippen LogP contribution in [0.5, 0.6) is 5.75 Å². The fourth-order valence-corrected chi connectivity index (χ4v) is 5.25. The van der Waals surface area contributed by atoms with E-state index in [-0.39, 0.29) is 4.90 Å². The maximum atomic E-state index is 12.5. The van der Waals surface area contributed by atoms with Crippen molar-refractivity contribution in [3.8, 4) is 16.9 Å². The lowest BCUT2D eigenvalue weighted by Gasteiger charge is -2.11. The first-order valence-electron chi connectivity index (χ1n) is 11.0. The van der Waals surface area contributed by atoms with Crippen molar-refractivity contribution in [3.05, 3.63) is 60.2 Å². The molecule has 0 unspecified atom stereocenters. The van der Waals surface area contributed by atoms with E-state index in [9.17, 15) is 13.2 Å². The quantitative estimate of drug-likeness (QED) is 0.273. The first-order valence-corrected chi connectivity index (χ1v) is 13.3. The summed E-state index contributed by atoms with van der Waals surface area (Å²) in [6.45, 7) is 2.39. The van der Waals surface area contributed by atoms with Gasteiger partial charge in [-0.2, -0.15) is 0 Å². The number of hydrogen-bond donors (Lipinski definition) is 3. The van der Waals surface area contributed by atoms with E-state index in [1.165, 1.54) is 29.8 Å². The molecular formula is C24H25N5O4S2. The number of ether oxygens (including phenoxy) is 1. The molecule has 0 aliphatic heterocycles. The third-order valence-corrected chi connectivity index (χ3v) is 7.47. The van der Waals surface area contributed by atoms with Crippen molar-refractivity contribution in [2.75, 3.05) is 19.0 Å². The molecule has 11 heteroatoms. The minimum atomic E-state index is -3.98. The number of fused-ring (bicyclic) bond motifs is 1. The van der Waals surface area contributed by atoms with Crippen molar-refractivity contribution in [2.45, 2.75) is 24.7 Å². The van der Waals surface area contributed by atoms with E-state index in [0.717, 1.165) is 39.9 Å². The maximum Gasteiger partial charge on any atom is 0.328 e. The molecule has 2 aromatic heterocycles. The molecule has 0 saturated carbocycles. The van der Waals surface area contributed by atoms with E-state index >= 15 is 0 Å². The molecular weight excluding hydrogens is 486 g/mol. The van der Waals surface area contributed by atoms with Crippen LogP contribution in [0.3, 0.4) is 0 Å². The van der Waals surface area contributed by atoms with Gasteiger partial charge in [0, 0.05) is 23.2 Å². The maximum absolute atomic E-state index is 12.5. The number of nitrogens with zero attached hydrogens (tertiary/aromatic N) is 2. The summed E-state index contributed by atoms with van der Waals surface area (Å²) >= 11 is 1.51. The summed E-state index contributed by atoms with van der Waals surface area (Å²) in [5.41, 5.74) is 2.62. The van der Waals surface area contributed by atoms with E-state index in [2.05, 4.69) is 20.6 Å². The van der Waals surface area contributed by atoms with Crippen LogP contribution in [0.1, 0.15) is 19.8 Å². The molecule has 4 rings (SSSR count). The predicted molar refractivity (Wildman–Crippen MR) is 138 cm³/mol. The molecule has 2 amide bonds. The Balaban J connectivity index is 1.55. The number of urea groups is 1. The van der Waals surface area contributed by atoms with Gasteiger partial charge in [-0.25, -0.2) is 27.9 Å². The van der Waals surface area contributed by atoms with Crippen molar-refractivity contribution < 1.29 is 17.9 Å². The number of carbonyl (C=O) groups is 1. The van der Waals surface area contributed by atoms with Crippen molar-refractivity contribution in [1.29, 1.82) is 0 Å². The second-order valence-corrected chi connectivity index (χ2v) is 10.2. The lowest BCUT2D eigenvalue weighted by atomic mass is 10.1. The first kappa shape index (κ1) is 24.4. The smallest absolute Gasteiger partial charge is 0.328 e. The number of sulfonamides is 1. The minimum absolute atomic E-state index is 0.0176. The Morgan fingerprint density at radius 1 is 1.06 bits per heavy atom. The third kappa shape index (κ3) is 5.69. The summed E-state index contributed by atoms with van der Waals surface area (Å²) < 4.78 is 32.3. The van der Waals surface area contributed by atoms with Crippen LogP contribution < -0.4 is 20.1 Å². The number of carbonyl (C=O) groups excluding carboxylic acids is 1. The monoisotopic (exact) mass is 511 g/mol. The Morgan fingerprint density at radius 3 is 2.49 bits per heavy atom. The van der Waals surface area contributed by atoms with Crippen LogP contribution in [0.15, 0.2) is 65.1 Å². The van der Waals surface area contributed by atoms with Crippen LogP contribution in [0.4, 0.5) is 16.3 Å². The highest BCUT2D eigenvalue weighted by Gasteiger charge is 2.18. The largest absolute Gasteiger partial charge is 0.497 e. The van der Waals surface area contributed by atoms with Crippen LogP contribution in [0.2, 0.25) is 0 Å². The number of unbranched alkanes of at least 4 members (excludes halogenated alkanes) is 1. The van der Waals surface area contributed by atoms with Crippen LogP contribution in [-0.2, 0) is 10.0 Å². The van der Waals surface area contributed by atoms with Gasteiger partial charge in [-0.15, -0.1) is 11.3 Å². The Bertz CT molecular complexity index is 1420. The Morgan fingerprint density at radius 2 is 1.80 bits per heavy atom. The lowest BCUT2D eigenvalue weighted by molar-refractivity contribution is 0.245. The van der Waals surface area contributed by atoms with E-state index < -0.39 is 16.1 Å². The topological polar surface area (TPSA) is 122 Å². The number of amides is 2. The number of aromatic nitrogens is 2. The zero-order valence-electron chi connectivity index (χ0n) is 19.2. The molecule has 9 nitrogen and oxygen atoms in total. The summed E-state index contributed by atoms with van der Waals surface area (Å²) in [5.74, 6) is 1.37. The summed E-state index contributed by atoms with van der Waals surface area (Å²) in [7, 11) is -2.36. The van der Waals surface area contributed by atoms with Crippen molar-refractivity contribution in [1.82, 2.24) is 20.0 Å². The van der Waals surface area contributed by atoms with Gasteiger partial charge in [0.25, 0.3) is 10.0 Å². The van der Waals surface area contributed by atoms with E-state index in [1.54, 1.807) is 19.2 Å². The summed E-state index contributed by atoms with van der Waals surface area (Å²) in [5, 5.41) is 8.68. The zero-order chi connectivity index (χ0) is 24.8. The highest BCUT2D eigenvalue weighted by Crippen LogP contribution is 2.38. The number of methoxy groups -OCH3 is 1. The Kier molecular flexibility index (Phi) is 7.47. The van der Waals surface area contributed by atoms with E-state index in [4.69, 9.17) is 4.74 Å². The highest BCUT2D eigenvalue weighted by molar-refractivity contribution is 7.90. The number of rotatable bonds is 9. The lowest BCUT2D eigenvalue weighted by Crippen LogP contribution is -2.39. The number of nitrogens with one attached hydrogen (secondary N) is 3. The second-order valence-electron chi connectivity index (χ2n) is 7.64. The van der Waals surface area contributed by atoms with Gasteiger partial charge in [0.1, 0.15) is 22.7 Å². The number of hydrogen-bond acceptors (Lipinski definition) is 8. The number of anilines is 2. The molecule has 4 aromatic rings. The average molecular weight is 512 g/mol. The fraction of sp³-hybridized carbons (Fsp3) is 0.208. The molecule has 0 bridgehead atoms. The first-order chi connectivity index (χ1) is 16.9. The van der Waals surface area contributed by atoms with Gasteiger partial charge in [-0.3, -0.25) is 0 Å². The van der Waals surface area contributed by atoms with Gasteiger partial charge in [-0.05, 0) is 48.4 Å². The zero-order valence-corrected chi connectivity index (χ0v) is 20.9. The highest BCUT2D eigenvalue weighted by atomic mass is 32.2. The average Bonchev–Trinajstić information content (AvgIpc) is 3.30. The van der Waals surface area contributed by atoms with Gasteiger partial charge < -0.3 is 15.4 Å². The summed E-state index contributed by atoms with van der Waals surface area (Å²) in [6.07, 6.45) is 3.15. The molecule has 0 aliphatic rings. The Labute approximate surface area is 207 Å². The van der Waals surface area contributed by atoms with Gasteiger partial charge >= 0.3 is 6.03 Å². The van der Waals surface area contributed by atoms with Crippen LogP contribution >= 0.6 is 11.3 Å². The van der Waals surface area contributed by atoms with Gasteiger partial charge in [-0.1, -0.05) is 25.5 Å². The number of thiophene rings is 1. The molecule has 0 atom stereocenters. The Hall–Kier alpha value is -3.70. The van der Waals surface area contributed by atoms with Crippen LogP contribution in [0, 0.1) is 0 Å². The standard InChI is InChI=1S/C24H25N5O4S2/c1-3-4-13-25-24(30)29-35(31,32)19-11-7-17(8-12-19)28-22-21-20(14-34-23(21)27-15-26-22)16-5-9-18(33-2)10-6-16/h5-12,14-15H,3-4,13H2,1-2H3,(H2,25,29,30)(H,26,27,28). The van der Waals surface area contributed by atoms with Crippen molar-refractivity contribution >= 4 is 49.1 Å². The SMILES string of the molecule is CCCCNC(=O)NS(=O)(=O)c1ccc(Nc2ncnc3scc(-c4ccc(OC)cc4)c23)cc1. The molecule has 0 spiro atoms. The number of benzene rings is 2. The normalized spacial score (nSPS) is 11.3. The molecule has 0 fully saturated rings. The predicted octanol–water partition coefficient (Wildman–Crippen LogP) is 4.90. The molecule has 182 valence electrons. The molecule has 3 N–H and O–H groups in total. The molecule has 0 aliphatic carbocycles.